The molecule has 0 unspecified atom stereocenters. The highest BCUT2D eigenvalue weighted by Crippen LogP contribution is 2.25. The van der Waals surface area contributed by atoms with Gasteiger partial charge >= 0.3 is 0 Å². The second-order valence-electron chi connectivity index (χ2n) is 5.32. The third-order valence-electron chi connectivity index (χ3n) is 3.35. The van der Waals surface area contributed by atoms with Crippen LogP contribution in [-0.2, 0) is 12.2 Å². The number of aromatic nitrogens is 2. The van der Waals surface area contributed by atoms with Crippen molar-refractivity contribution in [3.05, 3.63) is 77.5 Å². The number of para-hydroxylation sites is 1. The number of nitrogens with zero attached hydrogens (tertiary/aromatic N) is 2. The average molecular weight is 358 g/mol. The molecule has 0 aliphatic heterocycles. The molecule has 0 atom stereocenters. The fourth-order valence-electron chi connectivity index (χ4n) is 2.20. The van der Waals surface area contributed by atoms with Gasteiger partial charge in [0.1, 0.15) is 17.4 Å². The molecule has 3 nitrogen and oxygen atoms in total. The predicted octanol–water partition coefficient (Wildman–Crippen LogP) is 5.40. The largest absolute Gasteiger partial charge is 0.439 e. The van der Waals surface area contributed by atoms with Gasteiger partial charge in [-0.05, 0) is 36.2 Å². The summed E-state index contributed by atoms with van der Waals surface area (Å²) in [5.74, 6) is 0.323. The lowest BCUT2D eigenvalue weighted by Crippen LogP contribution is -1.97. The molecule has 1 heterocycles. The summed E-state index contributed by atoms with van der Waals surface area (Å²) >= 11 is 1.31. The minimum Gasteiger partial charge on any atom is -0.439 e. The monoisotopic (exact) mass is 358 g/mol. The van der Waals surface area contributed by atoms with Gasteiger partial charge in [0, 0.05) is 23.6 Å². The van der Waals surface area contributed by atoms with E-state index in [9.17, 15) is 8.78 Å². The van der Waals surface area contributed by atoms with E-state index in [2.05, 4.69) is 9.97 Å². The average Bonchev–Trinajstić information content (AvgIpc) is 2.60. The maximum absolute atomic E-state index is 13.3. The van der Waals surface area contributed by atoms with Crippen LogP contribution in [-0.4, -0.2) is 9.97 Å². The van der Waals surface area contributed by atoms with Crippen molar-refractivity contribution >= 4 is 11.8 Å². The lowest BCUT2D eigenvalue weighted by atomic mass is 10.2. The third kappa shape index (κ3) is 5.00. The van der Waals surface area contributed by atoms with Gasteiger partial charge in [-0.25, -0.2) is 13.8 Å². The highest BCUT2D eigenvalue weighted by Gasteiger charge is 2.08. The number of halogens is 2. The SMILES string of the molecule is CCc1cc(Oc2ccccc2)nc(SCc2cc(F)cc(F)c2)n1. The number of thioether (sulfide) groups is 1. The lowest BCUT2D eigenvalue weighted by Gasteiger charge is -2.08. The maximum atomic E-state index is 13.3. The number of aryl methyl sites for hydroxylation is 1. The first-order valence-electron chi connectivity index (χ1n) is 7.81. The Morgan fingerprint density at radius 2 is 1.68 bits per heavy atom. The molecule has 3 aromatic rings. The zero-order valence-electron chi connectivity index (χ0n) is 13.6. The van der Waals surface area contributed by atoms with Crippen LogP contribution in [0.1, 0.15) is 18.2 Å². The minimum absolute atomic E-state index is 0.368. The van der Waals surface area contributed by atoms with Gasteiger partial charge in [-0.1, -0.05) is 36.9 Å². The van der Waals surface area contributed by atoms with Crippen molar-refractivity contribution < 1.29 is 13.5 Å². The van der Waals surface area contributed by atoms with Crippen LogP contribution in [0.3, 0.4) is 0 Å². The van der Waals surface area contributed by atoms with E-state index in [4.69, 9.17) is 4.74 Å². The Morgan fingerprint density at radius 3 is 2.36 bits per heavy atom. The Morgan fingerprint density at radius 1 is 0.960 bits per heavy atom. The molecule has 0 aliphatic carbocycles. The van der Waals surface area contributed by atoms with Gasteiger partial charge in [-0.3, -0.25) is 0 Å². The minimum atomic E-state index is -0.591. The summed E-state index contributed by atoms with van der Waals surface area (Å²) in [7, 11) is 0. The number of hydrogen-bond donors (Lipinski definition) is 0. The molecule has 0 saturated heterocycles. The van der Waals surface area contributed by atoms with E-state index in [1.54, 1.807) is 6.07 Å². The Hall–Kier alpha value is -2.47. The summed E-state index contributed by atoms with van der Waals surface area (Å²) in [6.45, 7) is 1.99. The highest BCUT2D eigenvalue weighted by molar-refractivity contribution is 7.98. The van der Waals surface area contributed by atoms with Gasteiger partial charge in [-0.15, -0.1) is 0 Å². The number of rotatable bonds is 6. The van der Waals surface area contributed by atoms with Crippen molar-refractivity contribution in [3.8, 4) is 11.6 Å². The molecule has 0 aliphatic rings. The molecule has 0 bridgehead atoms. The summed E-state index contributed by atoms with van der Waals surface area (Å²) in [6, 6.07) is 14.6. The molecule has 2 aromatic carbocycles. The summed E-state index contributed by atoms with van der Waals surface area (Å²) in [5.41, 5.74) is 1.38. The van der Waals surface area contributed by atoms with Crippen LogP contribution in [0.2, 0.25) is 0 Å². The normalized spacial score (nSPS) is 10.7. The highest BCUT2D eigenvalue weighted by atomic mass is 32.2. The molecule has 0 radical (unpaired) electrons. The summed E-state index contributed by atoms with van der Waals surface area (Å²) in [6.07, 6.45) is 0.732. The molecule has 0 N–H and O–H groups in total. The first kappa shape index (κ1) is 17.4. The van der Waals surface area contributed by atoms with Crippen LogP contribution < -0.4 is 4.74 Å². The Bertz CT molecular complexity index is 839. The van der Waals surface area contributed by atoms with Gasteiger partial charge in [0.2, 0.25) is 5.88 Å². The lowest BCUT2D eigenvalue weighted by molar-refractivity contribution is 0.454. The van der Waals surface area contributed by atoms with Crippen LogP contribution in [0.5, 0.6) is 11.6 Å². The Labute approximate surface area is 149 Å². The fraction of sp³-hybridized carbons (Fsp3) is 0.158. The van der Waals surface area contributed by atoms with Crippen LogP contribution in [0, 0.1) is 11.6 Å². The molecule has 0 saturated carbocycles. The van der Waals surface area contributed by atoms with Crippen molar-refractivity contribution in [2.45, 2.75) is 24.3 Å². The van der Waals surface area contributed by atoms with Crippen molar-refractivity contribution in [2.75, 3.05) is 0 Å². The van der Waals surface area contributed by atoms with E-state index in [1.165, 1.54) is 23.9 Å². The first-order valence-corrected chi connectivity index (χ1v) is 8.79. The quantitative estimate of drug-likeness (QED) is 0.436. The standard InChI is InChI=1S/C19H16F2N2OS/c1-2-16-11-18(24-17-6-4-3-5-7-17)23-19(22-16)25-12-13-8-14(20)10-15(21)9-13/h3-11H,2,12H2,1H3. The third-order valence-corrected chi connectivity index (χ3v) is 4.27. The summed E-state index contributed by atoms with van der Waals surface area (Å²) in [5, 5.41) is 0.509. The van der Waals surface area contributed by atoms with Gasteiger partial charge in [0.25, 0.3) is 0 Å². The fourth-order valence-corrected chi connectivity index (χ4v) is 3.00. The zero-order chi connectivity index (χ0) is 17.6. The van der Waals surface area contributed by atoms with Crippen molar-refractivity contribution in [3.63, 3.8) is 0 Å². The Balaban J connectivity index is 1.77. The molecule has 1 aromatic heterocycles. The van der Waals surface area contributed by atoms with Crippen LogP contribution in [0.4, 0.5) is 8.78 Å². The van der Waals surface area contributed by atoms with Crippen LogP contribution >= 0.6 is 11.8 Å². The maximum Gasteiger partial charge on any atom is 0.223 e. The van der Waals surface area contributed by atoms with Crippen molar-refractivity contribution in [1.82, 2.24) is 9.97 Å². The first-order chi connectivity index (χ1) is 12.1. The van der Waals surface area contributed by atoms with Gasteiger partial charge < -0.3 is 4.74 Å². The van der Waals surface area contributed by atoms with Crippen molar-refractivity contribution in [2.24, 2.45) is 0 Å². The molecule has 3 rings (SSSR count). The topological polar surface area (TPSA) is 35.0 Å². The van der Waals surface area contributed by atoms with Crippen LogP contribution in [0.15, 0.2) is 59.8 Å². The molecular weight excluding hydrogens is 342 g/mol. The van der Waals surface area contributed by atoms with E-state index >= 15 is 0 Å². The molecule has 6 heteroatoms. The molecule has 0 amide bonds. The number of hydrogen-bond acceptors (Lipinski definition) is 4. The molecule has 0 spiro atoms. The van der Waals surface area contributed by atoms with Gasteiger partial charge in [0.15, 0.2) is 5.16 Å². The second kappa shape index (κ2) is 8.07. The number of ether oxygens (including phenoxy) is 1. The van der Waals surface area contributed by atoms with Crippen LogP contribution in [0.25, 0.3) is 0 Å². The Kier molecular flexibility index (Phi) is 5.60. The predicted molar refractivity (Wildman–Crippen MR) is 93.8 cm³/mol. The summed E-state index contributed by atoms with van der Waals surface area (Å²) < 4.78 is 32.3. The van der Waals surface area contributed by atoms with E-state index in [1.807, 2.05) is 37.3 Å². The van der Waals surface area contributed by atoms with E-state index in [-0.39, 0.29) is 0 Å². The summed E-state index contributed by atoms with van der Waals surface area (Å²) in [4.78, 5) is 8.82. The van der Waals surface area contributed by atoms with Gasteiger partial charge in [0.05, 0.1) is 0 Å². The number of benzene rings is 2. The molecule has 25 heavy (non-hydrogen) atoms. The van der Waals surface area contributed by atoms with Crippen molar-refractivity contribution in [1.29, 1.82) is 0 Å². The van der Waals surface area contributed by atoms with E-state index < -0.39 is 11.6 Å². The second-order valence-corrected chi connectivity index (χ2v) is 6.26. The molecule has 128 valence electrons. The van der Waals surface area contributed by atoms with Gasteiger partial charge in [-0.2, -0.15) is 4.98 Å². The molecule has 0 fully saturated rings. The molecular formula is C19H16F2N2OS. The smallest absolute Gasteiger partial charge is 0.223 e. The van der Waals surface area contributed by atoms with E-state index in [0.29, 0.717) is 28.1 Å². The zero-order valence-corrected chi connectivity index (χ0v) is 14.4. The van der Waals surface area contributed by atoms with E-state index in [0.717, 1.165) is 18.2 Å².